The lowest BCUT2D eigenvalue weighted by atomic mass is 9.78. The van der Waals surface area contributed by atoms with Crippen molar-refractivity contribution in [1.29, 1.82) is 0 Å². The molecule has 1 aliphatic heterocycles. The first-order valence-corrected chi connectivity index (χ1v) is 12.4. The lowest BCUT2D eigenvalue weighted by molar-refractivity contribution is -0.146. The van der Waals surface area contributed by atoms with Crippen LogP contribution in [0.4, 0.5) is 0 Å². The van der Waals surface area contributed by atoms with Gasteiger partial charge in [0.15, 0.2) is 0 Å². The third kappa shape index (κ3) is 4.12. The molecule has 0 radical (unpaired) electrons. The molecule has 2 aliphatic rings. The Balaban J connectivity index is 1.89. The Labute approximate surface area is 207 Å². The van der Waals surface area contributed by atoms with Crippen molar-refractivity contribution in [3.63, 3.8) is 0 Å². The number of hydrogen-bond donors (Lipinski definition) is 2. The normalized spacial score (nSPS) is 23.8. The van der Waals surface area contributed by atoms with Gasteiger partial charge in [0.1, 0.15) is 6.04 Å². The van der Waals surface area contributed by atoms with Gasteiger partial charge in [-0.25, -0.2) is 0 Å². The average molecular weight is 478 g/mol. The number of likely N-dealkylation sites (N-methyl/N-ethyl adjacent to an activating group) is 1. The van der Waals surface area contributed by atoms with Gasteiger partial charge in [-0.3, -0.25) is 14.4 Å². The zero-order valence-corrected chi connectivity index (χ0v) is 21.1. The minimum atomic E-state index is -0.924. The first kappa shape index (κ1) is 24.9. The second-order valence-electron chi connectivity index (χ2n) is 9.62. The van der Waals surface area contributed by atoms with Crippen LogP contribution in [0.5, 0.6) is 0 Å². The van der Waals surface area contributed by atoms with Crippen molar-refractivity contribution in [1.82, 2.24) is 15.5 Å². The molecule has 5 atom stereocenters. The van der Waals surface area contributed by atoms with E-state index in [9.17, 15) is 14.4 Å². The zero-order valence-electron chi connectivity index (χ0n) is 21.1. The van der Waals surface area contributed by atoms with E-state index in [4.69, 9.17) is 4.74 Å². The number of ether oxygens (including phenoxy) is 1. The lowest BCUT2D eigenvalue weighted by Crippen LogP contribution is -2.57. The van der Waals surface area contributed by atoms with E-state index in [1.54, 1.807) is 11.8 Å². The van der Waals surface area contributed by atoms with Crippen LogP contribution in [-0.2, 0) is 31.1 Å². The van der Waals surface area contributed by atoms with E-state index >= 15 is 0 Å². The summed E-state index contributed by atoms with van der Waals surface area (Å²) in [5.74, 6) is -1.20. The molecule has 1 heterocycles. The summed E-state index contributed by atoms with van der Waals surface area (Å²) in [5, 5.41) is 6.43. The third-order valence-corrected chi connectivity index (χ3v) is 7.51. The fraction of sp³-hybridized carbons (Fsp3) is 0.464. The SMILES string of the molecule is CCNC(=O)C(N(C=O)[C@@H](C)c1ccc(C)cc1)C12c3ccc(C)cc3CNC1C2C(=O)OCC. The van der Waals surface area contributed by atoms with Gasteiger partial charge in [-0.1, -0.05) is 53.6 Å². The number of fused-ring (bicyclic) bond motifs is 3. The number of benzene rings is 2. The lowest BCUT2D eigenvalue weighted by Gasteiger charge is -2.41. The first-order valence-electron chi connectivity index (χ1n) is 12.4. The molecule has 4 rings (SSSR count). The van der Waals surface area contributed by atoms with E-state index in [-0.39, 0.29) is 30.6 Å². The second-order valence-corrected chi connectivity index (χ2v) is 9.62. The first-order chi connectivity index (χ1) is 16.8. The van der Waals surface area contributed by atoms with E-state index in [1.807, 2.05) is 64.1 Å². The number of esters is 1. The second kappa shape index (κ2) is 9.82. The minimum absolute atomic E-state index is 0.252. The molecule has 7 nitrogen and oxygen atoms in total. The molecule has 0 spiro atoms. The Morgan fingerprint density at radius 2 is 1.86 bits per heavy atom. The van der Waals surface area contributed by atoms with Gasteiger partial charge in [0.05, 0.1) is 24.0 Å². The van der Waals surface area contributed by atoms with Crippen LogP contribution >= 0.6 is 0 Å². The number of nitrogens with one attached hydrogen (secondary N) is 2. The molecule has 35 heavy (non-hydrogen) atoms. The molecule has 1 saturated carbocycles. The highest BCUT2D eigenvalue weighted by atomic mass is 16.5. The standard InChI is InChI=1S/C28H35N3O4/c1-6-29-26(33)25(31(16-32)19(5)20-11-8-17(3)9-12-20)28-22-13-10-18(4)14-21(22)15-30-24(28)23(28)27(34)35-7-2/h8-14,16,19,23-25,30H,6-7,15H2,1-5H3,(H,29,33)/t19-,23?,24?,25?,28?/m0/s1. The van der Waals surface area contributed by atoms with Crippen LogP contribution < -0.4 is 10.6 Å². The van der Waals surface area contributed by atoms with Crippen LogP contribution in [0.3, 0.4) is 0 Å². The summed E-state index contributed by atoms with van der Waals surface area (Å²) in [5.41, 5.74) is 4.18. The quantitative estimate of drug-likeness (QED) is 0.428. The van der Waals surface area contributed by atoms with Crippen LogP contribution in [0.25, 0.3) is 0 Å². The van der Waals surface area contributed by atoms with Crippen LogP contribution in [0.2, 0.25) is 0 Å². The number of aryl methyl sites for hydroxylation is 2. The van der Waals surface area contributed by atoms with Crippen molar-refractivity contribution in [2.75, 3.05) is 13.2 Å². The van der Waals surface area contributed by atoms with Gasteiger partial charge in [-0.2, -0.15) is 0 Å². The van der Waals surface area contributed by atoms with Gasteiger partial charge in [0.2, 0.25) is 12.3 Å². The Hall–Kier alpha value is -3.19. The van der Waals surface area contributed by atoms with E-state index in [1.165, 1.54) is 0 Å². The molecule has 0 bridgehead atoms. The molecule has 0 saturated heterocycles. The van der Waals surface area contributed by atoms with Crippen LogP contribution in [-0.4, -0.2) is 48.4 Å². The summed E-state index contributed by atoms with van der Waals surface area (Å²) in [6, 6.07) is 12.5. The maximum atomic E-state index is 13.8. The van der Waals surface area contributed by atoms with Gasteiger partial charge in [0.25, 0.3) is 0 Å². The number of carbonyl (C=O) groups is 3. The van der Waals surface area contributed by atoms with E-state index in [2.05, 4.69) is 16.7 Å². The van der Waals surface area contributed by atoms with Crippen molar-refractivity contribution in [2.24, 2.45) is 5.92 Å². The minimum Gasteiger partial charge on any atom is -0.466 e. The Morgan fingerprint density at radius 3 is 2.49 bits per heavy atom. The molecule has 2 aromatic carbocycles. The molecular formula is C28H35N3O4. The predicted molar refractivity (Wildman–Crippen MR) is 134 cm³/mol. The highest BCUT2D eigenvalue weighted by molar-refractivity contribution is 5.92. The van der Waals surface area contributed by atoms with Crippen LogP contribution in [0.1, 0.15) is 54.6 Å². The summed E-state index contributed by atoms with van der Waals surface area (Å²) in [7, 11) is 0. The number of amides is 2. The van der Waals surface area contributed by atoms with Gasteiger partial charge < -0.3 is 20.3 Å². The van der Waals surface area contributed by atoms with Crippen molar-refractivity contribution in [2.45, 2.75) is 64.7 Å². The average Bonchev–Trinajstić information content (AvgIpc) is 3.52. The molecule has 7 heteroatoms. The summed E-state index contributed by atoms with van der Waals surface area (Å²) in [6.07, 6.45) is 0.749. The molecule has 4 unspecified atom stereocenters. The largest absolute Gasteiger partial charge is 0.466 e. The van der Waals surface area contributed by atoms with E-state index in [0.29, 0.717) is 13.1 Å². The monoisotopic (exact) mass is 477 g/mol. The van der Waals surface area contributed by atoms with Crippen molar-refractivity contribution in [3.8, 4) is 0 Å². The summed E-state index contributed by atoms with van der Waals surface area (Å²) in [4.78, 5) is 41.3. The number of hydrogen-bond acceptors (Lipinski definition) is 5. The van der Waals surface area contributed by atoms with E-state index < -0.39 is 17.4 Å². The van der Waals surface area contributed by atoms with Crippen molar-refractivity contribution < 1.29 is 19.1 Å². The van der Waals surface area contributed by atoms with Gasteiger partial charge in [-0.05, 0) is 51.3 Å². The fourth-order valence-electron chi connectivity index (χ4n) is 5.85. The number of rotatable bonds is 9. The maximum absolute atomic E-state index is 13.8. The topological polar surface area (TPSA) is 87.7 Å². The molecule has 2 aromatic rings. The predicted octanol–water partition coefficient (Wildman–Crippen LogP) is 2.93. The van der Waals surface area contributed by atoms with Gasteiger partial charge >= 0.3 is 5.97 Å². The van der Waals surface area contributed by atoms with E-state index in [0.717, 1.165) is 34.2 Å². The Kier molecular flexibility index (Phi) is 6.99. The molecule has 1 fully saturated rings. The molecular weight excluding hydrogens is 442 g/mol. The van der Waals surface area contributed by atoms with Crippen molar-refractivity contribution >= 4 is 18.3 Å². The molecule has 1 aliphatic carbocycles. The maximum Gasteiger partial charge on any atom is 0.311 e. The molecule has 0 aromatic heterocycles. The van der Waals surface area contributed by atoms with Gasteiger partial charge in [-0.15, -0.1) is 0 Å². The third-order valence-electron chi connectivity index (χ3n) is 7.51. The summed E-state index contributed by atoms with van der Waals surface area (Å²) in [6.45, 7) is 10.8. The number of nitrogens with zero attached hydrogens (tertiary/aromatic N) is 1. The molecule has 186 valence electrons. The molecule has 2 N–H and O–H groups in total. The molecule has 2 amide bonds. The van der Waals surface area contributed by atoms with Gasteiger partial charge in [0, 0.05) is 19.1 Å². The van der Waals surface area contributed by atoms with Crippen LogP contribution in [0, 0.1) is 19.8 Å². The Bertz CT molecular complexity index is 1120. The highest BCUT2D eigenvalue weighted by Gasteiger charge is 2.77. The van der Waals surface area contributed by atoms with Crippen molar-refractivity contribution in [3.05, 3.63) is 70.3 Å². The zero-order chi connectivity index (χ0) is 25.3. The highest BCUT2D eigenvalue weighted by Crippen LogP contribution is 2.61. The number of carbonyl (C=O) groups excluding carboxylic acids is 3. The smallest absolute Gasteiger partial charge is 0.311 e. The summed E-state index contributed by atoms with van der Waals surface area (Å²) < 4.78 is 5.47. The summed E-state index contributed by atoms with van der Waals surface area (Å²) >= 11 is 0. The Morgan fingerprint density at radius 1 is 1.17 bits per heavy atom. The van der Waals surface area contributed by atoms with Crippen LogP contribution in [0.15, 0.2) is 42.5 Å². The fourth-order valence-corrected chi connectivity index (χ4v) is 5.85.